The number of methoxy groups -OCH3 is 2. The smallest absolute Gasteiger partial charge is 0.435 e. The number of hydrogen-bond donors (Lipinski definition) is 1. The lowest BCUT2D eigenvalue weighted by molar-refractivity contribution is -0.120. The molecule has 3 aliphatic rings. The summed E-state index contributed by atoms with van der Waals surface area (Å²) in [5.41, 5.74) is -0.271. The molecule has 1 aliphatic carbocycles. The van der Waals surface area contributed by atoms with Crippen LogP contribution in [0.25, 0.3) is 10.9 Å². The molecule has 58 heavy (non-hydrogen) atoms. The number of fused-ring (bicyclic) bond motifs is 3. The van der Waals surface area contributed by atoms with Gasteiger partial charge >= 0.3 is 12.2 Å². The number of nitrogens with one attached hydrogen (secondary N) is 1. The SMILES string of the molecule is COc1ccc2c(c1)[C@]1(C[C@H]1c1ccc3c(Nc4nc(N5CC(O[Si](C)(C)C(C)(C)C)C5)ncc4OC)nn(C(=O)OC(C)(C)C)c3c1)C(=O)N2C(=O)OC(C)(C)C. The molecule has 1 saturated heterocycles. The molecule has 1 saturated carbocycles. The summed E-state index contributed by atoms with van der Waals surface area (Å²) in [4.78, 5) is 54.2. The summed E-state index contributed by atoms with van der Waals surface area (Å²) in [6.45, 7) is 23.1. The zero-order valence-corrected chi connectivity index (χ0v) is 36.8. The second-order valence-electron chi connectivity index (χ2n) is 18.9. The van der Waals surface area contributed by atoms with Crippen LogP contribution in [-0.2, 0) is 24.1 Å². The lowest BCUT2D eigenvalue weighted by Crippen LogP contribution is -2.58. The van der Waals surface area contributed by atoms with Gasteiger partial charge in [0.2, 0.25) is 11.9 Å². The minimum atomic E-state index is -1.94. The maximum atomic E-state index is 14.4. The first-order valence-corrected chi connectivity index (χ1v) is 22.5. The third-order valence-corrected chi connectivity index (χ3v) is 15.9. The molecule has 2 fully saturated rings. The molecule has 2 aromatic carbocycles. The first-order chi connectivity index (χ1) is 27.0. The number of aromatic nitrogens is 4. The minimum absolute atomic E-state index is 0.0895. The number of rotatable bonds is 8. The molecular weight excluding hydrogens is 759 g/mol. The quantitative estimate of drug-likeness (QED) is 0.170. The molecular formula is C42H55N7O8Si. The fraction of sp³-hybridized carbons (Fsp3) is 0.524. The molecule has 2 atom stereocenters. The van der Waals surface area contributed by atoms with Crippen molar-refractivity contribution in [1.82, 2.24) is 19.7 Å². The number of amides is 2. The number of anilines is 4. The van der Waals surface area contributed by atoms with E-state index in [1.165, 1.54) is 11.8 Å². The summed E-state index contributed by atoms with van der Waals surface area (Å²) in [6.07, 6.45) is 0.710. The van der Waals surface area contributed by atoms with Gasteiger partial charge in [0.05, 0.1) is 43.1 Å². The van der Waals surface area contributed by atoms with Crippen molar-refractivity contribution in [2.75, 3.05) is 42.4 Å². The molecule has 4 aromatic rings. The summed E-state index contributed by atoms with van der Waals surface area (Å²) in [5.74, 6) is 1.47. The Kier molecular flexibility index (Phi) is 9.86. The topological polar surface area (TPSA) is 159 Å². The van der Waals surface area contributed by atoms with Crippen molar-refractivity contribution < 1.29 is 37.8 Å². The molecule has 1 N–H and O–H groups in total. The van der Waals surface area contributed by atoms with E-state index in [4.69, 9.17) is 33.5 Å². The third-order valence-electron chi connectivity index (χ3n) is 11.3. The summed E-state index contributed by atoms with van der Waals surface area (Å²) in [6, 6.07) is 10.9. The molecule has 7 rings (SSSR count). The van der Waals surface area contributed by atoms with Crippen molar-refractivity contribution in [2.45, 2.75) is 116 Å². The Morgan fingerprint density at radius 1 is 0.879 bits per heavy atom. The van der Waals surface area contributed by atoms with Gasteiger partial charge < -0.3 is 33.6 Å². The van der Waals surface area contributed by atoms with Crippen molar-refractivity contribution in [3.8, 4) is 11.5 Å². The predicted molar refractivity (Wildman–Crippen MR) is 223 cm³/mol. The second-order valence-corrected chi connectivity index (χ2v) is 23.6. The maximum absolute atomic E-state index is 14.4. The van der Waals surface area contributed by atoms with Crippen LogP contribution in [0.4, 0.5) is 32.9 Å². The summed E-state index contributed by atoms with van der Waals surface area (Å²) < 4.78 is 30.5. The van der Waals surface area contributed by atoms with Crippen LogP contribution in [0.1, 0.15) is 85.8 Å². The second kappa shape index (κ2) is 14.0. The van der Waals surface area contributed by atoms with E-state index in [2.05, 4.69) is 49.1 Å². The zero-order chi connectivity index (χ0) is 42.3. The third kappa shape index (κ3) is 7.36. The van der Waals surface area contributed by atoms with E-state index in [1.807, 2.05) is 24.3 Å². The number of carbonyl (C=O) groups excluding carboxylic acids is 3. The van der Waals surface area contributed by atoms with Crippen LogP contribution in [0, 0.1) is 0 Å². The van der Waals surface area contributed by atoms with Gasteiger partial charge in [0.1, 0.15) is 17.0 Å². The van der Waals surface area contributed by atoms with Crippen molar-refractivity contribution in [1.29, 1.82) is 0 Å². The van der Waals surface area contributed by atoms with Gasteiger partial charge in [0.25, 0.3) is 0 Å². The Morgan fingerprint density at radius 3 is 2.17 bits per heavy atom. The maximum Gasteiger partial charge on any atom is 0.435 e. The molecule has 2 amide bonds. The van der Waals surface area contributed by atoms with E-state index < -0.39 is 37.1 Å². The number of ether oxygens (including phenoxy) is 4. The summed E-state index contributed by atoms with van der Waals surface area (Å²) in [7, 11) is 1.15. The van der Waals surface area contributed by atoms with E-state index in [0.29, 0.717) is 70.7 Å². The van der Waals surface area contributed by atoms with Gasteiger partial charge in [-0.2, -0.15) is 9.67 Å². The molecule has 1 spiro atoms. The van der Waals surface area contributed by atoms with E-state index in [0.717, 1.165) is 10.5 Å². The number of nitrogens with zero attached hydrogens (tertiary/aromatic N) is 6. The average Bonchev–Trinajstić information content (AvgIpc) is 3.69. The van der Waals surface area contributed by atoms with Gasteiger partial charge in [0.15, 0.2) is 25.7 Å². The normalized spacial score (nSPS) is 19.6. The Hall–Kier alpha value is -5.22. The van der Waals surface area contributed by atoms with Crippen LogP contribution in [0.2, 0.25) is 18.1 Å². The van der Waals surface area contributed by atoms with Gasteiger partial charge in [-0.3, -0.25) is 4.79 Å². The standard InChI is InChI=1S/C42H55N7O8Si/c1-39(2,3)55-37(51)48-30-17-15-25(53-10)19-28(30)42(35(48)50)20-29(42)24-14-16-27-31(18-24)49(38(52)56-40(4,5)6)46-33(27)44-34-32(54-11)21-43-36(45-34)47-22-26(23-47)57-58(12,13)41(7,8)9/h14-19,21,26,29H,20,22-23H2,1-13H3,(H,43,44,45,46)/t29-,42-/m0/s1. The molecule has 310 valence electrons. The fourth-order valence-electron chi connectivity index (χ4n) is 7.33. The monoisotopic (exact) mass is 813 g/mol. The van der Waals surface area contributed by atoms with Gasteiger partial charge in [-0.15, -0.1) is 5.10 Å². The van der Waals surface area contributed by atoms with Crippen molar-refractivity contribution in [3.05, 3.63) is 53.7 Å². The van der Waals surface area contributed by atoms with Gasteiger partial charge in [-0.05, 0) is 108 Å². The fourth-order valence-corrected chi connectivity index (χ4v) is 8.66. The molecule has 2 aromatic heterocycles. The Labute approximate surface area is 340 Å². The van der Waals surface area contributed by atoms with Gasteiger partial charge in [0, 0.05) is 24.4 Å². The highest BCUT2D eigenvalue weighted by atomic mass is 28.4. The highest BCUT2D eigenvalue weighted by Gasteiger charge is 2.68. The van der Waals surface area contributed by atoms with Crippen molar-refractivity contribution >= 4 is 60.6 Å². The van der Waals surface area contributed by atoms with Crippen LogP contribution in [0.15, 0.2) is 42.6 Å². The van der Waals surface area contributed by atoms with Crippen molar-refractivity contribution in [2.24, 2.45) is 0 Å². The van der Waals surface area contributed by atoms with Crippen LogP contribution < -0.4 is 24.6 Å². The number of hydrogen-bond acceptors (Lipinski definition) is 13. The molecule has 0 bridgehead atoms. The lowest BCUT2D eigenvalue weighted by Gasteiger charge is -2.46. The van der Waals surface area contributed by atoms with Crippen LogP contribution in [-0.4, -0.2) is 90.8 Å². The zero-order valence-electron chi connectivity index (χ0n) is 35.8. The van der Waals surface area contributed by atoms with Crippen LogP contribution >= 0.6 is 0 Å². The lowest BCUT2D eigenvalue weighted by atomic mass is 9.91. The summed E-state index contributed by atoms with van der Waals surface area (Å²) >= 11 is 0. The Bertz CT molecular complexity index is 2300. The molecule has 4 heterocycles. The first-order valence-electron chi connectivity index (χ1n) is 19.6. The largest absolute Gasteiger partial charge is 0.497 e. The van der Waals surface area contributed by atoms with Crippen LogP contribution in [0.5, 0.6) is 11.5 Å². The highest BCUT2D eigenvalue weighted by molar-refractivity contribution is 6.74. The van der Waals surface area contributed by atoms with E-state index in [1.54, 1.807) is 67.0 Å². The predicted octanol–water partition coefficient (Wildman–Crippen LogP) is 8.29. The Balaban J connectivity index is 1.22. The molecule has 2 aliphatic heterocycles. The van der Waals surface area contributed by atoms with Crippen LogP contribution in [0.3, 0.4) is 0 Å². The molecule has 0 unspecified atom stereocenters. The molecule has 15 nitrogen and oxygen atoms in total. The van der Waals surface area contributed by atoms with Gasteiger partial charge in [-0.1, -0.05) is 26.8 Å². The van der Waals surface area contributed by atoms with Gasteiger partial charge in [-0.25, -0.2) is 19.5 Å². The summed E-state index contributed by atoms with van der Waals surface area (Å²) in [5, 5.41) is 8.73. The number of carbonyl (C=O) groups is 3. The van der Waals surface area contributed by atoms with E-state index in [-0.39, 0.29) is 23.0 Å². The number of imide groups is 1. The van der Waals surface area contributed by atoms with Crippen molar-refractivity contribution in [3.63, 3.8) is 0 Å². The highest BCUT2D eigenvalue weighted by Crippen LogP contribution is 2.67. The first kappa shape index (κ1) is 41.0. The average molecular weight is 814 g/mol. The minimum Gasteiger partial charge on any atom is -0.497 e. The Morgan fingerprint density at radius 2 is 1.55 bits per heavy atom. The number of benzene rings is 2. The molecule has 16 heteroatoms. The van der Waals surface area contributed by atoms with E-state index >= 15 is 0 Å². The van der Waals surface area contributed by atoms with E-state index in [9.17, 15) is 14.4 Å². The molecule has 0 radical (unpaired) electrons.